The molecule has 1 saturated heterocycles. The summed E-state index contributed by atoms with van der Waals surface area (Å²) in [6.45, 7) is 1.93. The van der Waals surface area contributed by atoms with Crippen LogP contribution in [0.2, 0.25) is 0 Å². The van der Waals surface area contributed by atoms with Crippen molar-refractivity contribution in [1.29, 1.82) is 0 Å². The van der Waals surface area contributed by atoms with Crippen LogP contribution in [0.1, 0.15) is 19.8 Å². The summed E-state index contributed by atoms with van der Waals surface area (Å²) in [5, 5.41) is 3.25. The molecule has 0 saturated carbocycles. The highest BCUT2D eigenvalue weighted by Crippen LogP contribution is 2.13. The Bertz CT molecular complexity index is 300. The summed E-state index contributed by atoms with van der Waals surface area (Å²) in [4.78, 5) is 0. The van der Waals surface area contributed by atoms with Gasteiger partial charge in [0.15, 0.2) is 16.1 Å². The van der Waals surface area contributed by atoms with E-state index >= 15 is 0 Å². The standard InChI is InChI=1S/C10H21NO4S/c1-8(10(14-2)15-3)11-9-5-4-6-16(12,13)7-9/h8-11H,4-7H2,1-3H3. The van der Waals surface area contributed by atoms with Gasteiger partial charge in [-0.15, -0.1) is 0 Å². The smallest absolute Gasteiger partial charge is 0.171 e. The third-order valence-corrected chi connectivity index (χ3v) is 4.66. The maximum absolute atomic E-state index is 11.4. The topological polar surface area (TPSA) is 64.6 Å². The Kier molecular flexibility index (Phi) is 5.17. The SMILES string of the molecule is COC(OC)C(C)NC1CCCS(=O)(=O)C1. The summed E-state index contributed by atoms with van der Waals surface area (Å²) in [7, 11) is 0.286. The predicted molar refractivity (Wildman–Crippen MR) is 62.1 cm³/mol. The predicted octanol–water partition coefficient (Wildman–Crippen LogP) is 0.161. The molecule has 0 aliphatic carbocycles. The number of sulfone groups is 1. The Hall–Kier alpha value is -0.170. The van der Waals surface area contributed by atoms with Crippen LogP contribution in [0.4, 0.5) is 0 Å². The molecule has 0 aromatic heterocycles. The molecule has 2 atom stereocenters. The number of methoxy groups -OCH3 is 2. The average molecular weight is 251 g/mol. The molecule has 1 aliphatic rings. The lowest BCUT2D eigenvalue weighted by Gasteiger charge is -2.29. The fraction of sp³-hybridized carbons (Fsp3) is 1.00. The molecule has 1 rings (SSSR count). The van der Waals surface area contributed by atoms with Crippen molar-refractivity contribution in [3.05, 3.63) is 0 Å². The first-order chi connectivity index (χ1) is 7.48. The van der Waals surface area contributed by atoms with Crippen molar-refractivity contribution >= 4 is 9.84 Å². The average Bonchev–Trinajstić information content (AvgIpc) is 2.17. The van der Waals surface area contributed by atoms with Gasteiger partial charge in [0.25, 0.3) is 0 Å². The molecule has 5 nitrogen and oxygen atoms in total. The van der Waals surface area contributed by atoms with Gasteiger partial charge in [0.2, 0.25) is 0 Å². The van der Waals surface area contributed by atoms with E-state index in [-0.39, 0.29) is 24.1 Å². The summed E-state index contributed by atoms with van der Waals surface area (Å²) < 4.78 is 33.1. The molecule has 0 radical (unpaired) electrons. The number of hydrogen-bond acceptors (Lipinski definition) is 5. The van der Waals surface area contributed by atoms with Gasteiger partial charge in [0.05, 0.1) is 17.5 Å². The third kappa shape index (κ3) is 4.01. The van der Waals surface area contributed by atoms with Gasteiger partial charge in [-0.2, -0.15) is 0 Å². The Balaban J connectivity index is 2.47. The monoisotopic (exact) mass is 251 g/mol. The third-order valence-electron chi connectivity index (χ3n) is 2.83. The van der Waals surface area contributed by atoms with E-state index in [0.29, 0.717) is 5.75 Å². The number of hydrogen-bond donors (Lipinski definition) is 1. The molecular formula is C10H21NO4S. The number of nitrogens with one attached hydrogen (secondary N) is 1. The van der Waals surface area contributed by atoms with Crippen molar-refractivity contribution in [2.75, 3.05) is 25.7 Å². The molecule has 1 heterocycles. The Morgan fingerprint density at radius 3 is 2.44 bits per heavy atom. The van der Waals surface area contributed by atoms with E-state index in [4.69, 9.17) is 9.47 Å². The second-order valence-corrected chi connectivity index (χ2v) is 6.48. The fourth-order valence-electron chi connectivity index (χ4n) is 2.11. The molecule has 1 aliphatic heterocycles. The van der Waals surface area contributed by atoms with Crippen LogP contribution < -0.4 is 5.32 Å². The molecule has 0 aromatic carbocycles. The van der Waals surface area contributed by atoms with Crippen LogP contribution in [-0.4, -0.2) is 52.5 Å². The molecule has 2 unspecified atom stereocenters. The molecule has 1 fully saturated rings. The van der Waals surface area contributed by atoms with E-state index in [1.807, 2.05) is 6.92 Å². The van der Waals surface area contributed by atoms with Crippen molar-refractivity contribution in [3.63, 3.8) is 0 Å². The van der Waals surface area contributed by atoms with Gasteiger partial charge in [-0.05, 0) is 19.8 Å². The van der Waals surface area contributed by atoms with E-state index in [9.17, 15) is 8.42 Å². The van der Waals surface area contributed by atoms with E-state index in [0.717, 1.165) is 12.8 Å². The summed E-state index contributed by atoms with van der Waals surface area (Å²) in [5.41, 5.74) is 0. The summed E-state index contributed by atoms with van der Waals surface area (Å²) in [6, 6.07) is -0.00477. The van der Waals surface area contributed by atoms with Crippen LogP contribution in [0.15, 0.2) is 0 Å². The zero-order valence-corrected chi connectivity index (χ0v) is 10.9. The Labute approximate surface area is 97.4 Å². The van der Waals surface area contributed by atoms with E-state index in [2.05, 4.69) is 5.32 Å². The maximum atomic E-state index is 11.4. The van der Waals surface area contributed by atoms with Gasteiger partial charge in [-0.25, -0.2) is 8.42 Å². The van der Waals surface area contributed by atoms with Crippen LogP contribution >= 0.6 is 0 Å². The first-order valence-electron chi connectivity index (χ1n) is 5.50. The normalized spacial score (nSPS) is 26.9. The van der Waals surface area contributed by atoms with Crippen molar-refractivity contribution in [2.24, 2.45) is 0 Å². The maximum Gasteiger partial charge on any atom is 0.171 e. The quantitative estimate of drug-likeness (QED) is 0.705. The van der Waals surface area contributed by atoms with Crippen LogP contribution in [0.3, 0.4) is 0 Å². The molecule has 0 aromatic rings. The van der Waals surface area contributed by atoms with Crippen molar-refractivity contribution in [1.82, 2.24) is 5.32 Å². The van der Waals surface area contributed by atoms with Crippen LogP contribution in [0, 0.1) is 0 Å². The Morgan fingerprint density at radius 2 is 1.94 bits per heavy atom. The summed E-state index contributed by atoms with van der Waals surface area (Å²) in [5.74, 6) is 0.537. The first-order valence-corrected chi connectivity index (χ1v) is 7.32. The minimum atomic E-state index is -2.86. The largest absolute Gasteiger partial charge is 0.354 e. The molecule has 96 valence electrons. The zero-order valence-electron chi connectivity index (χ0n) is 10.1. The van der Waals surface area contributed by atoms with Gasteiger partial charge < -0.3 is 14.8 Å². The first kappa shape index (κ1) is 13.9. The second kappa shape index (κ2) is 5.95. The highest BCUT2D eigenvalue weighted by Gasteiger charge is 2.27. The lowest BCUT2D eigenvalue weighted by atomic mass is 10.1. The van der Waals surface area contributed by atoms with Crippen LogP contribution in [0.5, 0.6) is 0 Å². The van der Waals surface area contributed by atoms with Crippen LogP contribution in [0.25, 0.3) is 0 Å². The van der Waals surface area contributed by atoms with E-state index < -0.39 is 9.84 Å². The molecule has 0 amide bonds. The number of ether oxygens (including phenoxy) is 2. The molecule has 1 N–H and O–H groups in total. The Morgan fingerprint density at radius 1 is 1.31 bits per heavy atom. The molecule has 0 bridgehead atoms. The van der Waals surface area contributed by atoms with Crippen LogP contribution in [-0.2, 0) is 19.3 Å². The lowest BCUT2D eigenvalue weighted by molar-refractivity contribution is -0.120. The van der Waals surface area contributed by atoms with Crippen molar-refractivity contribution in [3.8, 4) is 0 Å². The van der Waals surface area contributed by atoms with Gasteiger partial charge in [-0.3, -0.25) is 0 Å². The van der Waals surface area contributed by atoms with Gasteiger partial charge in [0, 0.05) is 20.3 Å². The van der Waals surface area contributed by atoms with Gasteiger partial charge >= 0.3 is 0 Å². The summed E-state index contributed by atoms with van der Waals surface area (Å²) >= 11 is 0. The molecule has 16 heavy (non-hydrogen) atoms. The van der Waals surface area contributed by atoms with Crippen molar-refractivity contribution in [2.45, 2.75) is 38.1 Å². The lowest BCUT2D eigenvalue weighted by Crippen LogP contribution is -2.49. The minimum absolute atomic E-state index is 0.0153. The van der Waals surface area contributed by atoms with E-state index in [1.54, 1.807) is 14.2 Å². The second-order valence-electron chi connectivity index (χ2n) is 4.25. The summed E-state index contributed by atoms with van der Waals surface area (Å²) in [6.07, 6.45) is 1.28. The highest BCUT2D eigenvalue weighted by molar-refractivity contribution is 7.91. The van der Waals surface area contributed by atoms with E-state index in [1.165, 1.54) is 0 Å². The van der Waals surface area contributed by atoms with Gasteiger partial charge in [-0.1, -0.05) is 0 Å². The van der Waals surface area contributed by atoms with Gasteiger partial charge in [0.1, 0.15) is 0 Å². The minimum Gasteiger partial charge on any atom is -0.354 e. The van der Waals surface area contributed by atoms with Crippen molar-refractivity contribution < 1.29 is 17.9 Å². The molecular weight excluding hydrogens is 230 g/mol. The number of rotatable bonds is 5. The zero-order chi connectivity index (χ0) is 12.2. The highest BCUT2D eigenvalue weighted by atomic mass is 32.2. The fourth-order valence-corrected chi connectivity index (χ4v) is 3.76. The molecule has 0 spiro atoms. The molecule has 6 heteroatoms.